The molecule has 2 nitrogen and oxygen atoms in total. The highest BCUT2D eigenvalue weighted by Crippen LogP contribution is 2.36. The van der Waals surface area contributed by atoms with Crippen molar-refractivity contribution in [2.75, 3.05) is 0 Å². The van der Waals surface area contributed by atoms with Gasteiger partial charge in [0.1, 0.15) is 5.58 Å². The summed E-state index contributed by atoms with van der Waals surface area (Å²) < 4.78 is 6.85. The molecule has 4 aromatic rings. The summed E-state index contributed by atoms with van der Waals surface area (Å²) in [5.41, 5.74) is 2.70. The fraction of sp³-hybridized carbons (Fsp3) is 0. The first-order valence-electron chi connectivity index (χ1n) is 5.51. The Morgan fingerprint density at radius 1 is 1.06 bits per heavy atom. The van der Waals surface area contributed by atoms with Crippen molar-refractivity contribution in [3.8, 4) is 0 Å². The molecule has 0 saturated carbocycles. The predicted octanol–water partition coefficient (Wildman–Crippen LogP) is 5.48. The zero-order valence-corrected chi connectivity index (χ0v) is 11.5. The van der Waals surface area contributed by atoms with Gasteiger partial charge in [-0.1, -0.05) is 33.6 Å². The normalized spacial score (nSPS) is 11.9. The number of aromatic nitrogens is 1. The lowest BCUT2D eigenvalue weighted by Crippen LogP contribution is -1.70. The number of fused-ring (bicyclic) bond motifs is 5. The van der Waals surface area contributed by atoms with E-state index in [1.807, 2.05) is 30.3 Å². The second kappa shape index (κ2) is 3.53. The smallest absolute Gasteiger partial charge is 0.206 e. The number of rotatable bonds is 0. The van der Waals surface area contributed by atoms with Crippen molar-refractivity contribution >= 4 is 60.5 Å². The Morgan fingerprint density at radius 2 is 1.94 bits per heavy atom. The summed E-state index contributed by atoms with van der Waals surface area (Å²) in [5, 5.41) is 4.01. The third-order valence-electron chi connectivity index (χ3n) is 3.15. The molecule has 18 heavy (non-hydrogen) atoms. The molecule has 0 amide bonds. The van der Waals surface area contributed by atoms with E-state index < -0.39 is 0 Å². The highest BCUT2D eigenvalue weighted by Gasteiger charge is 2.13. The van der Waals surface area contributed by atoms with Crippen LogP contribution in [-0.2, 0) is 0 Å². The van der Waals surface area contributed by atoms with Crippen LogP contribution in [0, 0.1) is 0 Å². The molecule has 1 N–H and O–H groups in total. The van der Waals surface area contributed by atoms with E-state index in [2.05, 4.69) is 27.0 Å². The number of furan rings is 1. The maximum Gasteiger partial charge on any atom is 0.206 e. The van der Waals surface area contributed by atoms with E-state index in [9.17, 15) is 0 Å². The van der Waals surface area contributed by atoms with E-state index in [1.54, 1.807) is 0 Å². The van der Waals surface area contributed by atoms with Crippen molar-refractivity contribution in [2.45, 2.75) is 0 Å². The maximum absolute atomic E-state index is 6.06. The van der Waals surface area contributed by atoms with E-state index in [4.69, 9.17) is 16.0 Å². The van der Waals surface area contributed by atoms with Crippen molar-refractivity contribution in [3.05, 3.63) is 45.9 Å². The van der Waals surface area contributed by atoms with Crippen LogP contribution in [0.3, 0.4) is 0 Å². The lowest BCUT2D eigenvalue weighted by molar-refractivity contribution is 0.657. The summed E-state index contributed by atoms with van der Waals surface area (Å²) in [4.78, 5) is 3.29. The minimum atomic E-state index is 0.719. The van der Waals surface area contributed by atoms with Crippen molar-refractivity contribution in [2.24, 2.45) is 0 Å². The molecule has 4 rings (SSSR count). The van der Waals surface area contributed by atoms with Gasteiger partial charge in [-0.2, -0.15) is 0 Å². The molecular formula is C14H7BrClNO. The topological polar surface area (TPSA) is 28.9 Å². The second-order valence-electron chi connectivity index (χ2n) is 4.26. The summed E-state index contributed by atoms with van der Waals surface area (Å²) in [5.74, 6) is 0. The number of benzene rings is 2. The van der Waals surface area contributed by atoms with Gasteiger partial charge in [0, 0.05) is 20.3 Å². The van der Waals surface area contributed by atoms with E-state index >= 15 is 0 Å². The molecule has 2 aromatic carbocycles. The summed E-state index contributed by atoms with van der Waals surface area (Å²) in [6.45, 7) is 0. The first-order valence-corrected chi connectivity index (χ1v) is 6.68. The van der Waals surface area contributed by atoms with Crippen LogP contribution in [0.2, 0.25) is 5.02 Å². The van der Waals surface area contributed by atoms with Crippen LogP contribution < -0.4 is 0 Å². The van der Waals surface area contributed by atoms with Crippen LogP contribution in [0.25, 0.3) is 33.0 Å². The fourth-order valence-corrected chi connectivity index (χ4v) is 2.92. The Balaban J connectivity index is 2.28. The molecule has 0 spiro atoms. The van der Waals surface area contributed by atoms with Gasteiger partial charge in [-0.3, -0.25) is 0 Å². The molecule has 0 atom stereocenters. The van der Waals surface area contributed by atoms with Gasteiger partial charge in [-0.15, -0.1) is 0 Å². The molecule has 0 unspecified atom stereocenters. The van der Waals surface area contributed by atoms with Gasteiger partial charge in [0.25, 0.3) is 0 Å². The number of aromatic amines is 1. The quantitative estimate of drug-likeness (QED) is 0.456. The predicted molar refractivity (Wildman–Crippen MR) is 78.3 cm³/mol. The molecule has 4 heteroatoms. The van der Waals surface area contributed by atoms with Crippen LogP contribution >= 0.6 is 27.5 Å². The summed E-state index contributed by atoms with van der Waals surface area (Å²) >= 11 is 9.53. The molecule has 0 fully saturated rings. The molecule has 0 saturated heterocycles. The minimum absolute atomic E-state index is 0.719. The van der Waals surface area contributed by atoms with Crippen LogP contribution in [0.5, 0.6) is 0 Å². The molecule has 0 aliphatic carbocycles. The van der Waals surface area contributed by atoms with Gasteiger partial charge in [0.2, 0.25) is 5.71 Å². The Morgan fingerprint density at radius 3 is 2.83 bits per heavy atom. The van der Waals surface area contributed by atoms with Crippen molar-refractivity contribution < 1.29 is 4.42 Å². The van der Waals surface area contributed by atoms with Crippen molar-refractivity contribution in [1.29, 1.82) is 0 Å². The SMILES string of the molecule is Clc1ccc2oc3[nH]c4cc(Br)ccc4c3c2c1. The molecule has 0 aliphatic rings. The molecule has 0 aliphatic heterocycles. The monoisotopic (exact) mass is 319 g/mol. The van der Waals surface area contributed by atoms with Gasteiger partial charge in [0.05, 0.1) is 10.9 Å². The Kier molecular flexibility index (Phi) is 2.05. The Hall–Kier alpha value is -1.45. The zero-order valence-electron chi connectivity index (χ0n) is 9.13. The molecule has 2 aromatic heterocycles. The summed E-state index contributed by atoms with van der Waals surface area (Å²) in [6.07, 6.45) is 0. The number of halogens is 2. The lowest BCUT2D eigenvalue weighted by Gasteiger charge is -1.93. The van der Waals surface area contributed by atoms with E-state index in [0.29, 0.717) is 0 Å². The number of H-pyrrole nitrogens is 1. The first-order chi connectivity index (χ1) is 8.72. The molecular weight excluding hydrogens is 314 g/mol. The van der Waals surface area contributed by atoms with Gasteiger partial charge in [0.15, 0.2) is 0 Å². The van der Waals surface area contributed by atoms with E-state index in [-0.39, 0.29) is 0 Å². The fourth-order valence-electron chi connectivity index (χ4n) is 2.39. The minimum Gasteiger partial charge on any atom is -0.440 e. The van der Waals surface area contributed by atoms with E-state index in [0.717, 1.165) is 42.5 Å². The van der Waals surface area contributed by atoms with Crippen LogP contribution in [0.4, 0.5) is 0 Å². The summed E-state index contributed by atoms with van der Waals surface area (Å²) in [7, 11) is 0. The average molecular weight is 321 g/mol. The standard InChI is InChI=1S/C14H7BrClNO/c15-7-1-3-9-11(5-7)17-14-13(9)10-6-8(16)2-4-12(10)18-14/h1-6,17H. The molecule has 2 heterocycles. The zero-order chi connectivity index (χ0) is 12.3. The highest BCUT2D eigenvalue weighted by molar-refractivity contribution is 9.10. The largest absolute Gasteiger partial charge is 0.440 e. The van der Waals surface area contributed by atoms with Crippen LogP contribution in [-0.4, -0.2) is 4.98 Å². The van der Waals surface area contributed by atoms with Crippen LogP contribution in [0.1, 0.15) is 0 Å². The van der Waals surface area contributed by atoms with Gasteiger partial charge >= 0.3 is 0 Å². The van der Waals surface area contributed by atoms with Crippen LogP contribution in [0.15, 0.2) is 45.3 Å². The van der Waals surface area contributed by atoms with Crippen molar-refractivity contribution in [1.82, 2.24) is 4.98 Å². The molecule has 0 bridgehead atoms. The van der Waals surface area contributed by atoms with Gasteiger partial charge < -0.3 is 9.40 Å². The second-order valence-corrected chi connectivity index (χ2v) is 5.61. The molecule has 0 radical (unpaired) electrons. The number of hydrogen-bond donors (Lipinski definition) is 1. The number of hydrogen-bond acceptors (Lipinski definition) is 1. The third-order valence-corrected chi connectivity index (χ3v) is 3.88. The highest BCUT2D eigenvalue weighted by atomic mass is 79.9. The number of nitrogens with one attached hydrogen (secondary N) is 1. The maximum atomic E-state index is 6.06. The summed E-state index contributed by atoms with van der Waals surface area (Å²) in [6, 6.07) is 11.8. The average Bonchev–Trinajstić information content (AvgIpc) is 2.83. The Bertz CT molecular complexity index is 906. The van der Waals surface area contributed by atoms with Crippen molar-refractivity contribution in [3.63, 3.8) is 0 Å². The first kappa shape index (κ1) is 10.5. The molecule has 88 valence electrons. The van der Waals surface area contributed by atoms with E-state index in [1.165, 1.54) is 0 Å². The Labute approximate surface area is 116 Å². The van der Waals surface area contributed by atoms with Gasteiger partial charge in [-0.25, -0.2) is 0 Å². The lowest BCUT2D eigenvalue weighted by atomic mass is 10.1. The third kappa shape index (κ3) is 1.35. The van der Waals surface area contributed by atoms with Gasteiger partial charge in [-0.05, 0) is 30.3 Å².